The van der Waals surface area contributed by atoms with Gasteiger partial charge in [0.05, 0.1) is 25.2 Å². The van der Waals surface area contributed by atoms with Crippen molar-refractivity contribution in [3.63, 3.8) is 0 Å². The van der Waals surface area contributed by atoms with E-state index in [2.05, 4.69) is 0 Å². The van der Waals surface area contributed by atoms with Gasteiger partial charge in [0.25, 0.3) is 0 Å². The van der Waals surface area contributed by atoms with E-state index in [9.17, 15) is 4.79 Å². The van der Waals surface area contributed by atoms with Gasteiger partial charge in [0.1, 0.15) is 5.92 Å². The van der Waals surface area contributed by atoms with E-state index in [1.54, 1.807) is 13.8 Å². The Balaban J connectivity index is 4.01. The molecule has 0 N–H and O–H groups in total. The summed E-state index contributed by atoms with van der Waals surface area (Å²) < 4.78 is 4.69. The first-order valence-corrected chi connectivity index (χ1v) is 4.10. The Morgan fingerprint density at radius 2 is 2.00 bits per heavy atom. The van der Waals surface area contributed by atoms with Gasteiger partial charge in [0.15, 0.2) is 0 Å². The Labute approximate surface area is 77.7 Å². The van der Waals surface area contributed by atoms with Crippen molar-refractivity contribution in [1.29, 1.82) is 10.5 Å². The molecule has 0 aromatic rings. The molecule has 0 fully saturated rings. The molecular weight excluding hydrogens is 168 g/mol. The summed E-state index contributed by atoms with van der Waals surface area (Å²) in [5, 5.41) is 17.0. The van der Waals surface area contributed by atoms with Crippen LogP contribution in [0.25, 0.3) is 0 Å². The second-order valence-electron chi connectivity index (χ2n) is 2.72. The second-order valence-corrected chi connectivity index (χ2v) is 2.72. The van der Waals surface area contributed by atoms with Crippen molar-refractivity contribution in [2.45, 2.75) is 20.3 Å². The molecule has 0 aromatic heterocycles. The summed E-state index contributed by atoms with van der Waals surface area (Å²) >= 11 is 0. The number of ether oxygens (including phenoxy) is 1. The van der Waals surface area contributed by atoms with Crippen LogP contribution in [0.1, 0.15) is 20.3 Å². The highest BCUT2D eigenvalue weighted by atomic mass is 16.5. The van der Waals surface area contributed by atoms with Gasteiger partial charge in [0.2, 0.25) is 0 Å². The van der Waals surface area contributed by atoms with Gasteiger partial charge in [-0.25, -0.2) is 0 Å². The maximum absolute atomic E-state index is 10.9. The first kappa shape index (κ1) is 11.4. The zero-order valence-corrected chi connectivity index (χ0v) is 7.78. The third-order valence-electron chi connectivity index (χ3n) is 1.64. The quantitative estimate of drug-likeness (QED) is 0.610. The highest BCUT2D eigenvalue weighted by Crippen LogP contribution is 2.14. The molecule has 1 atom stereocenters. The summed E-state index contributed by atoms with van der Waals surface area (Å²) in [6.45, 7) is 3.73. The van der Waals surface area contributed by atoms with Crippen molar-refractivity contribution in [3.05, 3.63) is 0 Å². The second kappa shape index (κ2) is 6.02. The number of rotatable bonds is 4. The van der Waals surface area contributed by atoms with Crippen molar-refractivity contribution in [3.8, 4) is 12.1 Å². The van der Waals surface area contributed by atoms with Gasteiger partial charge >= 0.3 is 5.97 Å². The molecule has 0 aliphatic carbocycles. The zero-order chi connectivity index (χ0) is 10.3. The fourth-order valence-electron chi connectivity index (χ4n) is 0.884. The van der Waals surface area contributed by atoms with E-state index in [1.807, 2.05) is 12.1 Å². The van der Waals surface area contributed by atoms with E-state index in [0.29, 0.717) is 6.61 Å². The lowest BCUT2D eigenvalue weighted by molar-refractivity contribution is -0.144. The van der Waals surface area contributed by atoms with E-state index < -0.39 is 5.92 Å². The molecule has 0 heterocycles. The summed E-state index contributed by atoms with van der Waals surface area (Å²) in [6.07, 6.45) is 0.125. The maximum Gasteiger partial charge on any atom is 0.306 e. The van der Waals surface area contributed by atoms with Crippen LogP contribution in [0.3, 0.4) is 0 Å². The summed E-state index contributed by atoms with van der Waals surface area (Å²) in [6, 6.07) is 3.66. The van der Waals surface area contributed by atoms with Crippen LogP contribution >= 0.6 is 0 Å². The van der Waals surface area contributed by atoms with E-state index in [1.165, 1.54) is 0 Å². The van der Waals surface area contributed by atoms with Gasteiger partial charge in [-0.3, -0.25) is 4.79 Å². The molecule has 13 heavy (non-hydrogen) atoms. The first-order chi connectivity index (χ1) is 6.15. The normalized spacial score (nSPS) is 11.5. The van der Waals surface area contributed by atoms with Crippen molar-refractivity contribution in [1.82, 2.24) is 0 Å². The number of nitriles is 2. The van der Waals surface area contributed by atoms with Crippen LogP contribution in [0.5, 0.6) is 0 Å². The molecule has 0 aliphatic rings. The molecule has 0 aromatic carbocycles. The summed E-state index contributed by atoms with van der Waals surface area (Å²) in [4.78, 5) is 10.9. The van der Waals surface area contributed by atoms with Gasteiger partial charge in [0, 0.05) is 0 Å². The predicted molar refractivity (Wildman–Crippen MR) is 45.1 cm³/mol. The van der Waals surface area contributed by atoms with Crippen LogP contribution < -0.4 is 0 Å². The molecule has 0 bridgehead atoms. The minimum Gasteiger partial charge on any atom is -0.466 e. The van der Waals surface area contributed by atoms with Crippen molar-refractivity contribution >= 4 is 5.97 Å². The highest BCUT2D eigenvalue weighted by Gasteiger charge is 2.19. The van der Waals surface area contributed by atoms with E-state index >= 15 is 0 Å². The number of esters is 1. The summed E-state index contributed by atoms with van der Waals surface area (Å²) in [5.41, 5.74) is 0. The molecule has 4 nitrogen and oxygen atoms in total. The molecule has 0 saturated carbocycles. The van der Waals surface area contributed by atoms with E-state index in [4.69, 9.17) is 15.3 Å². The molecule has 70 valence electrons. The Bertz CT molecular complexity index is 235. The zero-order valence-electron chi connectivity index (χ0n) is 7.78. The topological polar surface area (TPSA) is 73.9 Å². The number of carbonyl (C=O) groups is 1. The van der Waals surface area contributed by atoms with Crippen LogP contribution in [0.2, 0.25) is 0 Å². The van der Waals surface area contributed by atoms with Crippen LogP contribution in [0, 0.1) is 34.5 Å². The molecule has 0 rings (SSSR count). The maximum atomic E-state index is 10.9. The molecule has 0 radical (unpaired) electrons. The lowest BCUT2D eigenvalue weighted by Crippen LogP contribution is -2.15. The molecule has 4 heteroatoms. The Hall–Kier alpha value is -1.55. The number of hydrogen-bond acceptors (Lipinski definition) is 4. The van der Waals surface area contributed by atoms with Gasteiger partial charge in [-0.05, 0) is 12.8 Å². The van der Waals surface area contributed by atoms with Crippen molar-refractivity contribution < 1.29 is 9.53 Å². The van der Waals surface area contributed by atoms with Crippen LogP contribution in [-0.4, -0.2) is 12.6 Å². The standard InChI is InChI=1S/C9H12N2O2/c1-3-13-9(12)4-7(2)8(5-10)6-11/h7-8H,3-4H2,1-2H3. The third-order valence-corrected chi connectivity index (χ3v) is 1.64. The van der Waals surface area contributed by atoms with Crippen LogP contribution in [-0.2, 0) is 9.53 Å². The Kier molecular flexibility index (Phi) is 5.30. The highest BCUT2D eigenvalue weighted by molar-refractivity contribution is 5.69. The molecular formula is C9H12N2O2. The van der Waals surface area contributed by atoms with E-state index in [0.717, 1.165) is 0 Å². The lowest BCUT2D eigenvalue weighted by atomic mass is 9.94. The Morgan fingerprint density at radius 1 is 1.46 bits per heavy atom. The third kappa shape index (κ3) is 4.12. The average molecular weight is 180 g/mol. The summed E-state index contributed by atoms with van der Waals surface area (Å²) in [7, 11) is 0. The van der Waals surface area contributed by atoms with Crippen molar-refractivity contribution in [2.24, 2.45) is 11.8 Å². The van der Waals surface area contributed by atoms with Crippen LogP contribution in [0.4, 0.5) is 0 Å². The number of nitrogens with zero attached hydrogens (tertiary/aromatic N) is 2. The predicted octanol–water partition coefficient (Wildman–Crippen LogP) is 1.24. The van der Waals surface area contributed by atoms with Gasteiger partial charge in [-0.2, -0.15) is 10.5 Å². The van der Waals surface area contributed by atoms with Gasteiger partial charge in [-0.1, -0.05) is 6.92 Å². The monoisotopic (exact) mass is 180 g/mol. The van der Waals surface area contributed by atoms with Gasteiger partial charge in [-0.15, -0.1) is 0 Å². The number of hydrogen-bond donors (Lipinski definition) is 0. The minimum absolute atomic E-state index is 0.125. The smallest absolute Gasteiger partial charge is 0.306 e. The Morgan fingerprint density at radius 3 is 2.38 bits per heavy atom. The molecule has 0 saturated heterocycles. The van der Waals surface area contributed by atoms with Crippen LogP contribution in [0.15, 0.2) is 0 Å². The molecule has 0 spiro atoms. The fraction of sp³-hybridized carbons (Fsp3) is 0.667. The largest absolute Gasteiger partial charge is 0.466 e. The fourth-order valence-corrected chi connectivity index (χ4v) is 0.884. The van der Waals surface area contributed by atoms with Gasteiger partial charge < -0.3 is 4.74 Å². The number of carbonyl (C=O) groups excluding carboxylic acids is 1. The molecule has 0 amide bonds. The van der Waals surface area contributed by atoms with E-state index in [-0.39, 0.29) is 18.3 Å². The first-order valence-electron chi connectivity index (χ1n) is 4.10. The van der Waals surface area contributed by atoms with Crippen molar-refractivity contribution in [2.75, 3.05) is 6.61 Å². The minimum atomic E-state index is -0.732. The molecule has 1 unspecified atom stereocenters. The molecule has 0 aliphatic heterocycles. The SMILES string of the molecule is CCOC(=O)CC(C)C(C#N)C#N. The average Bonchev–Trinajstić information content (AvgIpc) is 2.06. The summed E-state index contributed by atoms with van der Waals surface area (Å²) in [5.74, 6) is -1.36. The lowest BCUT2D eigenvalue weighted by Gasteiger charge is -2.09.